The summed E-state index contributed by atoms with van der Waals surface area (Å²) in [5.74, 6) is -1.39. The van der Waals surface area contributed by atoms with Crippen molar-refractivity contribution < 1.29 is 22.4 Å². The average Bonchev–Trinajstić information content (AvgIpc) is 2.88. The molecule has 0 radical (unpaired) electrons. The number of carbonyl (C=O) groups excluding carboxylic acids is 2. The predicted molar refractivity (Wildman–Crippen MR) is 156 cm³/mol. The number of benzene rings is 3. The van der Waals surface area contributed by atoms with Crippen LogP contribution in [0.3, 0.4) is 0 Å². The molecular weight excluding hydrogens is 553 g/mol. The number of hydrogen-bond acceptors (Lipinski definition) is 4. The van der Waals surface area contributed by atoms with Crippen LogP contribution in [-0.4, -0.2) is 43.3 Å². The molecule has 0 saturated heterocycles. The van der Waals surface area contributed by atoms with Gasteiger partial charge in [-0.2, -0.15) is 0 Å². The molecular formula is C30H35ClFN3O4S. The number of nitrogens with one attached hydrogen (secondary N) is 1. The second-order valence-corrected chi connectivity index (χ2v) is 12.9. The molecule has 40 heavy (non-hydrogen) atoms. The third kappa shape index (κ3) is 7.82. The van der Waals surface area contributed by atoms with Gasteiger partial charge in [0, 0.05) is 17.1 Å². The van der Waals surface area contributed by atoms with Crippen molar-refractivity contribution in [2.75, 3.05) is 10.8 Å². The van der Waals surface area contributed by atoms with Crippen molar-refractivity contribution >= 4 is 39.1 Å². The largest absolute Gasteiger partial charge is 0.350 e. The highest BCUT2D eigenvalue weighted by Gasteiger charge is 2.35. The Bertz CT molecular complexity index is 1440. The molecule has 0 aliphatic heterocycles. The molecule has 0 spiro atoms. The number of anilines is 1. The highest BCUT2D eigenvalue weighted by atomic mass is 35.5. The van der Waals surface area contributed by atoms with Crippen molar-refractivity contribution in [1.29, 1.82) is 0 Å². The zero-order chi connectivity index (χ0) is 29.7. The van der Waals surface area contributed by atoms with Crippen LogP contribution in [0.4, 0.5) is 10.1 Å². The maximum Gasteiger partial charge on any atom is 0.264 e. The van der Waals surface area contributed by atoms with Crippen LogP contribution >= 0.6 is 11.6 Å². The first-order valence-corrected chi connectivity index (χ1v) is 14.7. The van der Waals surface area contributed by atoms with Crippen LogP contribution in [0.25, 0.3) is 0 Å². The second kappa shape index (κ2) is 12.8. The van der Waals surface area contributed by atoms with Crippen LogP contribution in [0.1, 0.15) is 45.2 Å². The monoisotopic (exact) mass is 587 g/mol. The van der Waals surface area contributed by atoms with Gasteiger partial charge in [-0.1, -0.05) is 48.9 Å². The average molecular weight is 588 g/mol. The lowest BCUT2D eigenvalue weighted by atomic mass is 10.1. The smallest absolute Gasteiger partial charge is 0.264 e. The Labute approximate surface area is 241 Å². The highest BCUT2D eigenvalue weighted by molar-refractivity contribution is 7.92. The summed E-state index contributed by atoms with van der Waals surface area (Å²) in [4.78, 5) is 28.8. The van der Waals surface area contributed by atoms with E-state index in [0.29, 0.717) is 16.1 Å². The van der Waals surface area contributed by atoms with Gasteiger partial charge in [-0.25, -0.2) is 12.8 Å². The third-order valence-corrected chi connectivity index (χ3v) is 8.20. The molecule has 1 N–H and O–H groups in total. The zero-order valence-electron chi connectivity index (χ0n) is 23.3. The van der Waals surface area contributed by atoms with Crippen LogP contribution in [0.5, 0.6) is 0 Å². The van der Waals surface area contributed by atoms with Gasteiger partial charge in [0.15, 0.2) is 0 Å². The SMILES string of the molecule is CC[C@@H](C(=O)NC(C)(C)C)N(Cc1ccc(F)cc1)C(=O)CN(c1ccc(Cl)cc1C)S(=O)(=O)c1ccccc1. The van der Waals surface area contributed by atoms with E-state index in [1.54, 1.807) is 50.2 Å². The predicted octanol–water partition coefficient (Wildman–Crippen LogP) is 5.70. The number of hydrogen-bond donors (Lipinski definition) is 1. The van der Waals surface area contributed by atoms with Crippen molar-refractivity contribution in [3.05, 3.63) is 94.8 Å². The van der Waals surface area contributed by atoms with E-state index in [0.717, 1.165) is 4.31 Å². The van der Waals surface area contributed by atoms with Crippen LogP contribution in [0.2, 0.25) is 5.02 Å². The molecule has 1 atom stereocenters. The number of nitrogens with zero attached hydrogens (tertiary/aromatic N) is 2. The van der Waals surface area contributed by atoms with E-state index >= 15 is 0 Å². The molecule has 0 aliphatic rings. The minimum atomic E-state index is -4.19. The van der Waals surface area contributed by atoms with Crippen LogP contribution < -0.4 is 9.62 Å². The fourth-order valence-corrected chi connectivity index (χ4v) is 6.02. The van der Waals surface area contributed by atoms with Gasteiger partial charge in [0.05, 0.1) is 10.6 Å². The minimum absolute atomic E-state index is 0.0137. The van der Waals surface area contributed by atoms with Gasteiger partial charge in [0.1, 0.15) is 18.4 Å². The number of amides is 2. The van der Waals surface area contributed by atoms with E-state index in [9.17, 15) is 22.4 Å². The van der Waals surface area contributed by atoms with Crippen molar-refractivity contribution in [2.45, 2.75) is 64.1 Å². The maximum atomic E-state index is 14.1. The lowest BCUT2D eigenvalue weighted by Gasteiger charge is -2.35. The summed E-state index contributed by atoms with van der Waals surface area (Å²) in [5, 5.41) is 3.34. The molecule has 0 fully saturated rings. The molecule has 7 nitrogen and oxygen atoms in total. The van der Waals surface area contributed by atoms with Crippen molar-refractivity contribution in [1.82, 2.24) is 10.2 Å². The van der Waals surface area contributed by atoms with Crippen molar-refractivity contribution in [3.8, 4) is 0 Å². The normalized spacial score (nSPS) is 12.5. The van der Waals surface area contributed by atoms with Gasteiger partial charge in [0.2, 0.25) is 11.8 Å². The first-order chi connectivity index (χ1) is 18.7. The molecule has 10 heteroatoms. The van der Waals surface area contributed by atoms with Crippen LogP contribution in [0.15, 0.2) is 77.7 Å². The first-order valence-electron chi connectivity index (χ1n) is 12.9. The van der Waals surface area contributed by atoms with Crippen molar-refractivity contribution in [2.24, 2.45) is 0 Å². The Morgan fingerprint density at radius 1 is 1.00 bits per heavy atom. The van der Waals surface area contributed by atoms with Gasteiger partial charge in [0.25, 0.3) is 10.0 Å². The molecule has 0 aromatic heterocycles. The van der Waals surface area contributed by atoms with E-state index in [-0.39, 0.29) is 29.5 Å². The summed E-state index contributed by atoms with van der Waals surface area (Å²) < 4.78 is 42.4. The minimum Gasteiger partial charge on any atom is -0.350 e. The van der Waals surface area contributed by atoms with Crippen molar-refractivity contribution in [3.63, 3.8) is 0 Å². The number of rotatable bonds is 10. The standard InChI is InChI=1S/C30H35ClFN3O4S/c1-6-26(29(37)33-30(3,4)5)34(19-22-12-15-24(32)16-13-22)28(36)20-35(27-17-14-23(31)18-21(27)2)40(38,39)25-10-8-7-9-11-25/h7-18,26H,6,19-20H2,1-5H3,(H,33,37)/t26-/m0/s1. The van der Waals surface area contributed by atoms with Gasteiger partial charge in [-0.05, 0) is 87.7 Å². The van der Waals surface area contributed by atoms with Gasteiger partial charge in [-0.15, -0.1) is 0 Å². The summed E-state index contributed by atoms with van der Waals surface area (Å²) in [6, 6.07) is 17.3. The summed E-state index contributed by atoms with van der Waals surface area (Å²) in [6.07, 6.45) is 0.278. The van der Waals surface area contributed by atoms with Gasteiger partial charge < -0.3 is 10.2 Å². The van der Waals surface area contributed by atoms with Crippen LogP contribution in [0, 0.1) is 12.7 Å². The maximum absolute atomic E-state index is 14.1. The van der Waals surface area contributed by atoms with Gasteiger partial charge in [-0.3, -0.25) is 13.9 Å². The lowest BCUT2D eigenvalue weighted by Crippen LogP contribution is -2.55. The summed E-state index contributed by atoms with van der Waals surface area (Å²) in [7, 11) is -4.19. The molecule has 0 heterocycles. The molecule has 0 aliphatic carbocycles. The Hall–Kier alpha value is -3.43. The molecule has 2 amide bonds. The zero-order valence-corrected chi connectivity index (χ0v) is 24.9. The molecule has 0 saturated carbocycles. The summed E-state index contributed by atoms with van der Waals surface area (Å²) in [5.41, 5.74) is 0.882. The fraction of sp³-hybridized carbons (Fsp3) is 0.333. The number of sulfonamides is 1. The molecule has 0 bridgehead atoms. The molecule has 3 rings (SSSR count). The number of aryl methyl sites for hydroxylation is 1. The number of carbonyl (C=O) groups is 2. The Kier molecular flexibility index (Phi) is 9.97. The lowest BCUT2D eigenvalue weighted by molar-refractivity contribution is -0.141. The Morgan fingerprint density at radius 2 is 1.62 bits per heavy atom. The highest BCUT2D eigenvalue weighted by Crippen LogP contribution is 2.29. The fourth-order valence-electron chi connectivity index (χ4n) is 4.29. The van der Waals surface area contributed by atoms with Gasteiger partial charge >= 0.3 is 0 Å². The van der Waals surface area contributed by atoms with E-state index in [2.05, 4.69) is 5.32 Å². The van der Waals surface area contributed by atoms with E-state index in [1.165, 1.54) is 41.3 Å². The molecule has 214 valence electrons. The topological polar surface area (TPSA) is 86.8 Å². The Morgan fingerprint density at radius 3 is 2.17 bits per heavy atom. The summed E-state index contributed by atoms with van der Waals surface area (Å²) >= 11 is 6.14. The summed E-state index contributed by atoms with van der Waals surface area (Å²) in [6.45, 7) is 8.40. The Balaban J connectivity index is 2.09. The van der Waals surface area contributed by atoms with E-state index in [4.69, 9.17) is 11.6 Å². The van der Waals surface area contributed by atoms with E-state index in [1.807, 2.05) is 20.8 Å². The molecule has 0 unspecified atom stereocenters. The molecule has 3 aromatic rings. The molecule has 3 aromatic carbocycles. The first kappa shape index (κ1) is 31.1. The van der Waals surface area contributed by atoms with E-state index < -0.39 is 39.9 Å². The second-order valence-electron chi connectivity index (χ2n) is 10.6. The third-order valence-electron chi connectivity index (χ3n) is 6.19. The number of halogens is 2. The quantitative estimate of drug-likeness (QED) is 0.329. The van der Waals surface area contributed by atoms with Crippen LogP contribution in [-0.2, 0) is 26.2 Å².